The standard InChI is InChI=1S/C23H29N5O2/c1-4-16(5-2)22(29)24-14-13-21-27-19-15-18(11-12-20(19)28(21)3)26-23(30)25-17-9-7-6-8-10-17/h6-12,15-16H,4-5,13-14H2,1-3H3,(H,24,29)(H2,25,26,30). The number of para-hydroxylation sites is 1. The number of carbonyl (C=O) groups is 2. The first-order chi connectivity index (χ1) is 14.5. The molecule has 0 radical (unpaired) electrons. The molecule has 0 aliphatic carbocycles. The number of nitrogens with zero attached hydrogens (tertiary/aromatic N) is 2. The average Bonchev–Trinajstić information content (AvgIpc) is 3.04. The average molecular weight is 408 g/mol. The van der Waals surface area contributed by atoms with E-state index in [0.717, 1.165) is 35.4 Å². The number of rotatable bonds is 8. The summed E-state index contributed by atoms with van der Waals surface area (Å²) in [7, 11) is 1.96. The summed E-state index contributed by atoms with van der Waals surface area (Å²) in [6.45, 7) is 4.62. The van der Waals surface area contributed by atoms with Gasteiger partial charge >= 0.3 is 6.03 Å². The molecule has 1 aromatic heterocycles. The number of amides is 3. The fourth-order valence-electron chi connectivity index (χ4n) is 3.47. The molecule has 7 heteroatoms. The molecule has 0 atom stereocenters. The van der Waals surface area contributed by atoms with Crippen molar-refractivity contribution in [2.24, 2.45) is 13.0 Å². The van der Waals surface area contributed by atoms with Gasteiger partial charge in [0, 0.05) is 37.3 Å². The second kappa shape index (κ2) is 9.91. The number of urea groups is 1. The first-order valence-corrected chi connectivity index (χ1v) is 10.4. The maximum Gasteiger partial charge on any atom is 0.323 e. The molecule has 0 unspecified atom stereocenters. The lowest BCUT2D eigenvalue weighted by molar-refractivity contribution is -0.125. The van der Waals surface area contributed by atoms with Crippen molar-refractivity contribution < 1.29 is 9.59 Å². The minimum absolute atomic E-state index is 0.0705. The molecule has 0 spiro atoms. The molecule has 3 amide bonds. The van der Waals surface area contributed by atoms with Gasteiger partial charge in [-0.3, -0.25) is 4.79 Å². The van der Waals surface area contributed by atoms with Gasteiger partial charge in [-0.1, -0.05) is 32.0 Å². The number of anilines is 2. The Morgan fingerprint density at radius 3 is 2.40 bits per heavy atom. The number of carbonyl (C=O) groups excluding carboxylic acids is 2. The Morgan fingerprint density at radius 1 is 1.00 bits per heavy atom. The van der Waals surface area contributed by atoms with Gasteiger partial charge in [-0.15, -0.1) is 0 Å². The van der Waals surface area contributed by atoms with Gasteiger partial charge in [0.1, 0.15) is 5.82 Å². The molecule has 1 heterocycles. The van der Waals surface area contributed by atoms with Crippen LogP contribution in [0.1, 0.15) is 32.5 Å². The van der Waals surface area contributed by atoms with Crippen LogP contribution >= 0.6 is 0 Å². The molecule has 2 aromatic carbocycles. The minimum Gasteiger partial charge on any atom is -0.355 e. The highest BCUT2D eigenvalue weighted by atomic mass is 16.2. The summed E-state index contributed by atoms with van der Waals surface area (Å²) < 4.78 is 2.02. The number of benzene rings is 2. The molecule has 7 nitrogen and oxygen atoms in total. The van der Waals surface area contributed by atoms with Crippen molar-refractivity contribution in [3.05, 3.63) is 54.4 Å². The Bertz CT molecular complexity index is 1010. The molecule has 0 saturated carbocycles. The number of hydrogen-bond acceptors (Lipinski definition) is 3. The summed E-state index contributed by atoms with van der Waals surface area (Å²) in [4.78, 5) is 29.0. The van der Waals surface area contributed by atoms with Gasteiger partial charge in [-0.25, -0.2) is 9.78 Å². The molecular formula is C23H29N5O2. The van der Waals surface area contributed by atoms with E-state index in [0.29, 0.717) is 18.7 Å². The van der Waals surface area contributed by atoms with Crippen LogP contribution in [-0.2, 0) is 18.3 Å². The molecule has 0 aliphatic heterocycles. The first-order valence-electron chi connectivity index (χ1n) is 10.4. The summed E-state index contributed by atoms with van der Waals surface area (Å²) >= 11 is 0. The van der Waals surface area contributed by atoms with Crippen molar-refractivity contribution in [1.82, 2.24) is 14.9 Å². The lowest BCUT2D eigenvalue weighted by atomic mass is 10.0. The molecular weight excluding hydrogens is 378 g/mol. The maximum atomic E-state index is 12.2. The monoisotopic (exact) mass is 407 g/mol. The van der Waals surface area contributed by atoms with Crippen LogP contribution in [0.3, 0.4) is 0 Å². The Kier molecular flexibility index (Phi) is 7.06. The van der Waals surface area contributed by atoms with E-state index < -0.39 is 0 Å². The predicted octanol–water partition coefficient (Wildman–Crippen LogP) is 4.31. The Hall–Kier alpha value is -3.35. The maximum absolute atomic E-state index is 12.2. The van der Waals surface area contributed by atoms with Crippen molar-refractivity contribution in [2.45, 2.75) is 33.1 Å². The van der Waals surface area contributed by atoms with Crippen LogP contribution in [0.5, 0.6) is 0 Å². The normalized spacial score (nSPS) is 10.9. The number of nitrogens with one attached hydrogen (secondary N) is 3. The van der Waals surface area contributed by atoms with Crippen LogP contribution < -0.4 is 16.0 Å². The van der Waals surface area contributed by atoms with Crippen LogP contribution in [-0.4, -0.2) is 28.0 Å². The zero-order chi connectivity index (χ0) is 21.5. The van der Waals surface area contributed by atoms with Crippen molar-refractivity contribution in [1.29, 1.82) is 0 Å². The van der Waals surface area contributed by atoms with Gasteiger partial charge in [0.2, 0.25) is 5.91 Å². The van der Waals surface area contributed by atoms with Crippen LogP contribution in [0.25, 0.3) is 11.0 Å². The highest BCUT2D eigenvalue weighted by Crippen LogP contribution is 2.20. The number of hydrogen-bond donors (Lipinski definition) is 3. The smallest absolute Gasteiger partial charge is 0.323 e. The van der Waals surface area contributed by atoms with E-state index in [9.17, 15) is 9.59 Å². The van der Waals surface area contributed by atoms with Crippen LogP contribution in [0.15, 0.2) is 48.5 Å². The Morgan fingerprint density at radius 2 is 1.70 bits per heavy atom. The zero-order valence-electron chi connectivity index (χ0n) is 17.7. The van der Waals surface area contributed by atoms with E-state index in [2.05, 4.69) is 20.9 Å². The van der Waals surface area contributed by atoms with Gasteiger partial charge in [-0.05, 0) is 43.2 Å². The molecule has 0 saturated heterocycles. The summed E-state index contributed by atoms with van der Waals surface area (Å²) in [5.41, 5.74) is 3.18. The van der Waals surface area contributed by atoms with Crippen molar-refractivity contribution >= 4 is 34.3 Å². The number of aromatic nitrogens is 2. The fraction of sp³-hybridized carbons (Fsp3) is 0.348. The summed E-state index contributed by atoms with van der Waals surface area (Å²) in [6.07, 6.45) is 2.35. The van der Waals surface area contributed by atoms with Gasteiger partial charge in [-0.2, -0.15) is 0 Å². The van der Waals surface area contributed by atoms with E-state index in [-0.39, 0.29) is 17.9 Å². The summed E-state index contributed by atoms with van der Waals surface area (Å²) in [5.74, 6) is 1.07. The second-order valence-electron chi connectivity index (χ2n) is 7.29. The lowest BCUT2D eigenvalue weighted by Gasteiger charge is -2.12. The molecule has 158 valence electrons. The lowest BCUT2D eigenvalue weighted by Crippen LogP contribution is -2.32. The molecule has 0 bridgehead atoms. The quantitative estimate of drug-likeness (QED) is 0.520. The summed E-state index contributed by atoms with van der Waals surface area (Å²) in [5, 5.41) is 8.64. The number of aryl methyl sites for hydroxylation is 1. The van der Waals surface area contributed by atoms with Gasteiger partial charge in [0.15, 0.2) is 0 Å². The molecule has 0 aliphatic rings. The highest BCUT2D eigenvalue weighted by molar-refractivity contribution is 6.00. The van der Waals surface area contributed by atoms with Gasteiger partial charge in [0.25, 0.3) is 0 Å². The molecule has 3 N–H and O–H groups in total. The topological polar surface area (TPSA) is 88.1 Å². The zero-order valence-corrected chi connectivity index (χ0v) is 17.7. The van der Waals surface area contributed by atoms with Crippen molar-refractivity contribution in [2.75, 3.05) is 17.2 Å². The van der Waals surface area contributed by atoms with E-state index >= 15 is 0 Å². The molecule has 3 rings (SSSR count). The summed E-state index contributed by atoms with van der Waals surface area (Å²) in [6, 6.07) is 14.6. The third-order valence-corrected chi connectivity index (χ3v) is 5.27. The number of imidazole rings is 1. The molecule has 3 aromatic rings. The van der Waals surface area contributed by atoms with E-state index in [4.69, 9.17) is 0 Å². The largest absolute Gasteiger partial charge is 0.355 e. The van der Waals surface area contributed by atoms with Crippen LogP contribution in [0.2, 0.25) is 0 Å². The Labute approximate surface area is 176 Å². The van der Waals surface area contributed by atoms with E-state index in [1.807, 2.05) is 74.0 Å². The van der Waals surface area contributed by atoms with E-state index in [1.54, 1.807) is 0 Å². The van der Waals surface area contributed by atoms with Crippen LogP contribution in [0.4, 0.5) is 16.2 Å². The van der Waals surface area contributed by atoms with Gasteiger partial charge in [0.05, 0.1) is 11.0 Å². The first kappa shape index (κ1) is 21.4. The minimum atomic E-state index is -0.305. The SMILES string of the molecule is CCC(CC)C(=O)NCCc1nc2cc(NC(=O)Nc3ccccc3)ccc2n1C. The fourth-order valence-corrected chi connectivity index (χ4v) is 3.47. The third-order valence-electron chi connectivity index (χ3n) is 5.27. The highest BCUT2D eigenvalue weighted by Gasteiger charge is 2.14. The van der Waals surface area contributed by atoms with Gasteiger partial charge < -0.3 is 20.5 Å². The second-order valence-corrected chi connectivity index (χ2v) is 7.29. The third kappa shape index (κ3) is 5.17. The Balaban J connectivity index is 1.63. The van der Waals surface area contributed by atoms with E-state index in [1.165, 1.54) is 0 Å². The predicted molar refractivity (Wildman–Crippen MR) is 121 cm³/mol. The number of fused-ring (bicyclic) bond motifs is 1. The molecule has 30 heavy (non-hydrogen) atoms. The van der Waals surface area contributed by atoms with Crippen molar-refractivity contribution in [3.8, 4) is 0 Å². The van der Waals surface area contributed by atoms with Crippen molar-refractivity contribution in [3.63, 3.8) is 0 Å². The molecule has 0 fully saturated rings. The van der Waals surface area contributed by atoms with Crippen LogP contribution in [0, 0.1) is 5.92 Å².